The van der Waals surface area contributed by atoms with Crippen molar-refractivity contribution in [2.24, 2.45) is 0 Å². The number of nitrogens with one attached hydrogen (secondary N) is 1. The molecule has 5 rings (SSSR count). The van der Waals surface area contributed by atoms with E-state index in [9.17, 15) is 14.7 Å². The minimum atomic E-state index is -0.975. The molecule has 1 amide bonds. The first-order valence-corrected chi connectivity index (χ1v) is 10.0. The van der Waals surface area contributed by atoms with Gasteiger partial charge in [-0.05, 0) is 52.4 Å². The lowest BCUT2D eigenvalue weighted by Crippen LogP contribution is -2.15. The molecule has 2 N–H and O–H groups in total. The number of carbonyl (C=O) groups excluding carboxylic acids is 1. The maximum atomic E-state index is 13.3. The van der Waals surface area contributed by atoms with E-state index >= 15 is 0 Å². The lowest BCUT2D eigenvalue weighted by Gasteiger charge is -2.12. The van der Waals surface area contributed by atoms with Gasteiger partial charge in [0.15, 0.2) is 0 Å². The number of fused-ring (bicyclic) bond motifs is 3. The van der Waals surface area contributed by atoms with Gasteiger partial charge in [-0.1, -0.05) is 48.5 Å². The molecule has 5 heteroatoms. The number of anilines is 1. The minimum Gasteiger partial charge on any atom is -0.478 e. The van der Waals surface area contributed by atoms with Crippen molar-refractivity contribution in [3.63, 3.8) is 0 Å². The molecule has 1 aromatic heterocycles. The van der Waals surface area contributed by atoms with Gasteiger partial charge in [0.1, 0.15) is 5.00 Å². The first kappa shape index (κ1) is 17.0. The number of carboxylic acid groups (broad SMARTS) is 1. The van der Waals surface area contributed by atoms with Crippen molar-refractivity contribution in [2.45, 2.75) is 19.3 Å². The maximum absolute atomic E-state index is 13.3. The Labute approximate surface area is 165 Å². The quantitative estimate of drug-likeness (QED) is 0.457. The van der Waals surface area contributed by atoms with E-state index < -0.39 is 5.97 Å². The van der Waals surface area contributed by atoms with Crippen LogP contribution in [0.2, 0.25) is 0 Å². The van der Waals surface area contributed by atoms with E-state index in [2.05, 4.69) is 11.4 Å². The summed E-state index contributed by atoms with van der Waals surface area (Å²) in [7, 11) is 0. The molecule has 4 aromatic rings. The van der Waals surface area contributed by atoms with Gasteiger partial charge in [0.25, 0.3) is 5.91 Å². The molecule has 0 unspecified atom stereocenters. The number of hydrogen-bond acceptors (Lipinski definition) is 3. The summed E-state index contributed by atoms with van der Waals surface area (Å²) in [6.45, 7) is 0. The van der Waals surface area contributed by atoms with Crippen molar-refractivity contribution in [1.82, 2.24) is 0 Å². The summed E-state index contributed by atoms with van der Waals surface area (Å²) in [5.74, 6) is -1.24. The number of carboxylic acids is 1. The van der Waals surface area contributed by atoms with Crippen molar-refractivity contribution in [2.75, 3.05) is 5.32 Å². The first-order chi connectivity index (χ1) is 13.6. The number of aromatic carboxylic acids is 1. The fraction of sp³-hybridized carbons (Fsp3) is 0.130. The smallest absolute Gasteiger partial charge is 0.339 e. The highest BCUT2D eigenvalue weighted by molar-refractivity contribution is 7.17. The highest BCUT2D eigenvalue weighted by Crippen LogP contribution is 2.39. The Hall–Kier alpha value is -3.18. The molecule has 0 saturated heterocycles. The van der Waals surface area contributed by atoms with Crippen molar-refractivity contribution >= 4 is 49.8 Å². The molecule has 0 atom stereocenters. The Kier molecular flexibility index (Phi) is 3.91. The van der Waals surface area contributed by atoms with E-state index in [1.54, 1.807) is 0 Å². The Balaban J connectivity index is 1.67. The highest BCUT2D eigenvalue weighted by Gasteiger charge is 2.28. The van der Waals surface area contributed by atoms with Crippen LogP contribution in [0.3, 0.4) is 0 Å². The standard InChI is InChI=1S/C23H17NO3S/c25-21(24-22-20(23(26)27)17-10-5-11-18(17)28-22)19-15-8-3-1-6-13(15)12-14-7-2-4-9-16(14)19/h1-4,6-9,12H,5,10-11H2,(H,24,25)(H,26,27). The Morgan fingerprint density at radius 2 is 1.54 bits per heavy atom. The SMILES string of the molecule is O=C(O)c1c(NC(=O)c2c3ccccc3cc3ccccc23)sc2c1CCC2. The fourth-order valence-corrected chi connectivity index (χ4v) is 5.42. The zero-order chi connectivity index (χ0) is 19.3. The highest BCUT2D eigenvalue weighted by atomic mass is 32.1. The van der Waals surface area contributed by atoms with Gasteiger partial charge in [-0.2, -0.15) is 0 Å². The minimum absolute atomic E-state index is 0.260. The largest absolute Gasteiger partial charge is 0.478 e. The lowest BCUT2D eigenvalue weighted by atomic mass is 9.96. The lowest BCUT2D eigenvalue weighted by molar-refractivity contribution is 0.0697. The van der Waals surface area contributed by atoms with Gasteiger partial charge < -0.3 is 10.4 Å². The molecular formula is C23H17NO3S. The molecule has 1 aliphatic rings. The predicted octanol–water partition coefficient (Wildman–Crippen LogP) is 5.49. The summed E-state index contributed by atoms with van der Waals surface area (Å²) in [5, 5.41) is 16.8. The van der Waals surface area contributed by atoms with Gasteiger partial charge in [0.05, 0.1) is 11.1 Å². The number of amides is 1. The number of aryl methyl sites for hydroxylation is 1. The van der Waals surface area contributed by atoms with Crippen LogP contribution in [-0.4, -0.2) is 17.0 Å². The molecule has 0 fully saturated rings. The summed E-state index contributed by atoms with van der Waals surface area (Å²) in [6, 6.07) is 17.6. The fourth-order valence-electron chi connectivity index (χ4n) is 4.14. The third-order valence-electron chi connectivity index (χ3n) is 5.36. The van der Waals surface area contributed by atoms with Crippen molar-refractivity contribution in [1.29, 1.82) is 0 Å². The van der Waals surface area contributed by atoms with Crippen LogP contribution in [0.25, 0.3) is 21.5 Å². The number of benzene rings is 3. The summed E-state index contributed by atoms with van der Waals surface area (Å²) >= 11 is 1.40. The molecule has 1 heterocycles. The molecule has 0 aliphatic heterocycles. The zero-order valence-electron chi connectivity index (χ0n) is 15.0. The van der Waals surface area contributed by atoms with Crippen LogP contribution in [0.5, 0.6) is 0 Å². The Morgan fingerprint density at radius 1 is 0.893 bits per heavy atom. The molecule has 4 nitrogen and oxygen atoms in total. The summed E-state index contributed by atoms with van der Waals surface area (Å²) < 4.78 is 0. The van der Waals surface area contributed by atoms with Gasteiger partial charge in [-0.15, -0.1) is 11.3 Å². The third-order valence-corrected chi connectivity index (χ3v) is 6.57. The number of hydrogen-bond donors (Lipinski definition) is 2. The van der Waals surface area contributed by atoms with Crippen LogP contribution >= 0.6 is 11.3 Å². The van der Waals surface area contributed by atoms with E-state index in [1.165, 1.54) is 11.3 Å². The topological polar surface area (TPSA) is 66.4 Å². The third kappa shape index (κ3) is 2.59. The number of thiophene rings is 1. The van der Waals surface area contributed by atoms with E-state index in [-0.39, 0.29) is 11.5 Å². The van der Waals surface area contributed by atoms with E-state index in [0.717, 1.165) is 51.2 Å². The van der Waals surface area contributed by atoms with E-state index in [0.29, 0.717) is 10.6 Å². The van der Waals surface area contributed by atoms with Gasteiger partial charge >= 0.3 is 5.97 Å². The normalized spacial score (nSPS) is 13.0. The zero-order valence-corrected chi connectivity index (χ0v) is 15.8. The monoisotopic (exact) mass is 387 g/mol. The van der Waals surface area contributed by atoms with Gasteiger partial charge in [-0.3, -0.25) is 4.79 Å². The second-order valence-corrected chi connectivity index (χ2v) is 8.12. The maximum Gasteiger partial charge on any atom is 0.339 e. The molecule has 138 valence electrons. The van der Waals surface area contributed by atoms with Crippen molar-refractivity contribution in [3.05, 3.63) is 76.2 Å². The summed E-state index contributed by atoms with van der Waals surface area (Å²) in [4.78, 5) is 26.3. The van der Waals surface area contributed by atoms with Gasteiger partial charge in [-0.25, -0.2) is 4.79 Å². The van der Waals surface area contributed by atoms with E-state index in [1.807, 2.05) is 48.5 Å². The number of rotatable bonds is 3. The Morgan fingerprint density at radius 3 is 2.18 bits per heavy atom. The number of carbonyl (C=O) groups is 2. The van der Waals surface area contributed by atoms with Gasteiger partial charge in [0, 0.05) is 4.88 Å². The predicted molar refractivity (Wildman–Crippen MR) is 113 cm³/mol. The molecule has 1 aliphatic carbocycles. The van der Waals surface area contributed by atoms with Gasteiger partial charge in [0.2, 0.25) is 0 Å². The summed E-state index contributed by atoms with van der Waals surface area (Å²) in [6.07, 6.45) is 2.62. The van der Waals surface area contributed by atoms with Crippen molar-refractivity contribution < 1.29 is 14.7 Å². The van der Waals surface area contributed by atoms with Crippen LogP contribution < -0.4 is 5.32 Å². The van der Waals surface area contributed by atoms with Crippen LogP contribution in [-0.2, 0) is 12.8 Å². The molecule has 0 radical (unpaired) electrons. The summed E-state index contributed by atoms with van der Waals surface area (Å²) in [5.41, 5.74) is 1.73. The first-order valence-electron chi connectivity index (χ1n) is 9.23. The average molecular weight is 387 g/mol. The molecule has 3 aromatic carbocycles. The molecule has 0 spiro atoms. The molecule has 28 heavy (non-hydrogen) atoms. The van der Waals surface area contributed by atoms with Crippen LogP contribution in [0.1, 0.15) is 37.6 Å². The van der Waals surface area contributed by atoms with E-state index in [4.69, 9.17) is 0 Å². The van der Waals surface area contributed by atoms with Crippen LogP contribution in [0.15, 0.2) is 54.6 Å². The Bertz CT molecular complexity index is 1220. The van der Waals surface area contributed by atoms with Crippen LogP contribution in [0, 0.1) is 0 Å². The van der Waals surface area contributed by atoms with Crippen molar-refractivity contribution in [3.8, 4) is 0 Å². The molecule has 0 bridgehead atoms. The molecular weight excluding hydrogens is 370 g/mol. The van der Waals surface area contributed by atoms with Crippen LogP contribution in [0.4, 0.5) is 5.00 Å². The second-order valence-electron chi connectivity index (χ2n) is 7.01. The second kappa shape index (κ2) is 6.46. The molecule has 0 saturated carbocycles. The average Bonchev–Trinajstić information content (AvgIpc) is 3.26.